The third kappa shape index (κ3) is 2.66. The number of hydrogen-bond donors (Lipinski definition) is 1. The summed E-state index contributed by atoms with van der Waals surface area (Å²) in [6.07, 6.45) is 4.17. The van der Waals surface area contributed by atoms with Crippen LogP contribution in [0.2, 0.25) is 0 Å². The van der Waals surface area contributed by atoms with E-state index in [9.17, 15) is 4.39 Å². The number of nitriles is 1. The van der Waals surface area contributed by atoms with E-state index in [2.05, 4.69) is 31.3 Å². The van der Waals surface area contributed by atoms with E-state index in [0.29, 0.717) is 11.1 Å². The largest absolute Gasteiger partial charge is 0.376 e. The molecule has 21 heavy (non-hydrogen) atoms. The third-order valence-electron chi connectivity index (χ3n) is 3.55. The predicted molar refractivity (Wildman–Crippen MR) is 83.3 cm³/mol. The van der Waals surface area contributed by atoms with Crippen LogP contribution >= 0.6 is 0 Å². The molecule has 0 unspecified atom stereocenters. The molecule has 2 aromatic rings. The van der Waals surface area contributed by atoms with Gasteiger partial charge in [-0.1, -0.05) is 18.2 Å². The van der Waals surface area contributed by atoms with E-state index in [-0.39, 0.29) is 5.54 Å². The Morgan fingerprint density at radius 1 is 1.10 bits per heavy atom. The summed E-state index contributed by atoms with van der Waals surface area (Å²) in [4.78, 5) is 0. The molecule has 0 aliphatic carbocycles. The van der Waals surface area contributed by atoms with E-state index >= 15 is 0 Å². The normalized spacial score (nSPS) is 15.0. The Hall–Kier alpha value is -2.60. The molecule has 0 saturated heterocycles. The second-order valence-corrected chi connectivity index (χ2v) is 5.82. The maximum Gasteiger partial charge on any atom is 0.125 e. The Balaban J connectivity index is 2.06. The molecule has 1 aliphatic heterocycles. The van der Waals surface area contributed by atoms with Crippen LogP contribution in [0.5, 0.6) is 0 Å². The van der Waals surface area contributed by atoms with E-state index in [4.69, 9.17) is 5.26 Å². The maximum atomic E-state index is 13.6. The van der Waals surface area contributed by atoms with Crippen LogP contribution in [-0.4, -0.2) is 5.54 Å². The Labute approximate surface area is 123 Å². The van der Waals surface area contributed by atoms with Crippen molar-refractivity contribution in [3.05, 3.63) is 59.4 Å². The van der Waals surface area contributed by atoms with Gasteiger partial charge in [-0.2, -0.15) is 5.26 Å². The zero-order valence-electron chi connectivity index (χ0n) is 11.9. The van der Waals surface area contributed by atoms with E-state index in [0.717, 1.165) is 16.8 Å². The van der Waals surface area contributed by atoms with E-state index in [1.165, 1.54) is 12.1 Å². The van der Waals surface area contributed by atoms with Crippen molar-refractivity contribution < 1.29 is 4.39 Å². The number of anilines is 1. The monoisotopic (exact) mass is 278 g/mol. The Bertz CT molecular complexity index is 782. The number of rotatable bonds is 1. The van der Waals surface area contributed by atoms with Gasteiger partial charge in [0.1, 0.15) is 5.82 Å². The predicted octanol–water partition coefficient (Wildman–Crippen LogP) is 4.58. The smallest absolute Gasteiger partial charge is 0.125 e. The SMILES string of the molecule is CC1(C)C=Cc2cc(-c3cc(F)cc(C#N)c3)ccc2N1. The maximum absolute atomic E-state index is 13.6. The lowest BCUT2D eigenvalue weighted by atomic mass is 9.94. The Morgan fingerprint density at radius 2 is 1.90 bits per heavy atom. The Morgan fingerprint density at radius 3 is 2.67 bits per heavy atom. The minimum atomic E-state index is -0.392. The van der Waals surface area contributed by atoms with Crippen molar-refractivity contribution in [3.63, 3.8) is 0 Å². The summed E-state index contributed by atoms with van der Waals surface area (Å²) in [5.41, 5.74) is 4.00. The van der Waals surface area contributed by atoms with Crippen LogP contribution < -0.4 is 5.32 Å². The van der Waals surface area contributed by atoms with Gasteiger partial charge in [-0.3, -0.25) is 0 Å². The van der Waals surface area contributed by atoms with Gasteiger partial charge in [0.15, 0.2) is 0 Å². The van der Waals surface area contributed by atoms with Crippen molar-refractivity contribution in [1.29, 1.82) is 5.26 Å². The summed E-state index contributed by atoms with van der Waals surface area (Å²) in [7, 11) is 0. The molecular formula is C18H15FN2. The molecule has 0 bridgehead atoms. The van der Waals surface area contributed by atoms with Crippen LogP contribution in [0.3, 0.4) is 0 Å². The van der Waals surface area contributed by atoms with Crippen molar-refractivity contribution in [3.8, 4) is 17.2 Å². The quantitative estimate of drug-likeness (QED) is 0.828. The molecule has 0 spiro atoms. The van der Waals surface area contributed by atoms with Crippen molar-refractivity contribution >= 4 is 11.8 Å². The van der Waals surface area contributed by atoms with Gasteiger partial charge in [-0.25, -0.2) is 4.39 Å². The molecule has 1 heterocycles. The number of nitrogens with one attached hydrogen (secondary N) is 1. The molecule has 3 heteroatoms. The molecule has 104 valence electrons. The second-order valence-electron chi connectivity index (χ2n) is 5.82. The average molecular weight is 278 g/mol. The number of hydrogen-bond acceptors (Lipinski definition) is 2. The molecule has 0 aromatic heterocycles. The fourth-order valence-corrected chi connectivity index (χ4v) is 2.50. The molecule has 1 aliphatic rings. The van der Waals surface area contributed by atoms with Gasteiger partial charge in [0, 0.05) is 5.69 Å². The topological polar surface area (TPSA) is 35.8 Å². The number of nitrogens with zero attached hydrogens (tertiary/aromatic N) is 1. The summed E-state index contributed by atoms with van der Waals surface area (Å²) in [6.45, 7) is 4.21. The molecule has 0 radical (unpaired) electrons. The van der Waals surface area contributed by atoms with Crippen LogP contribution in [0, 0.1) is 17.1 Å². The molecule has 2 aromatic carbocycles. The first kappa shape index (κ1) is 13.4. The van der Waals surface area contributed by atoms with Crippen molar-refractivity contribution in [2.45, 2.75) is 19.4 Å². The fourth-order valence-electron chi connectivity index (χ4n) is 2.50. The lowest BCUT2D eigenvalue weighted by Gasteiger charge is -2.29. The zero-order valence-corrected chi connectivity index (χ0v) is 11.9. The van der Waals surface area contributed by atoms with Crippen molar-refractivity contribution in [2.75, 3.05) is 5.32 Å². The minimum absolute atomic E-state index is 0.0681. The molecule has 0 fully saturated rings. The number of benzene rings is 2. The first-order chi connectivity index (χ1) is 9.97. The van der Waals surface area contributed by atoms with Crippen LogP contribution in [0.4, 0.5) is 10.1 Å². The summed E-state index contributed by atoms with van der Waals surface area (Å²) < 4.78 is 13.6. The van der Waals surface area contributed by atoms with Gasteiger partial charge >= 0.3 is 0 Å². The first-order valence-corrected chi connectivity index (χ1v) is 6.79. The van der Waals surface area contributed by atoms with Crippen LogP contribution in [0.1, 0.15) is 25.0 Å². The second kappa shape index (κ2) is 4.75. The van der Waals surface area contributed by atoms with Gasteiger partial charge in [-0.15, -0.1) is 0 Å². The fraction of sp³-hybridized carbons (Fsp3) is 0.167. The molecule has 1 N–H and O–H groups in total. The minimum Gasteiger partial charge on any atom is -0.376 e. The Kier molecular flexibility index (Phi) is 3.03. The van der Waals surface area contributed by atoms with Crippen LogP contribution in [-0.2, 0) is 0 Å². The standard InChI is InChI=1S/C18H15FN2/c1-18(2)6-5-14-9-13(3-4-17(14)21-18)15-7-12(11-20)8-16(19)10-15/h3-10,21H,1-2H3. The molecule has 2 nitrogen and oxygen atoms in total. The van der Waals surface area contributed by atoms with Crippen molar-refractivity contribution in [2.24, 2.45) is 0 Å². The number of halogens is 1. The van der Waals surface area contributed by atoms with Gasteiger partial charge in [-0.05, 0) is 60.9 Å². The summed E-state index contributed by atoms with van der Waals surface area (Å²) in [6, 6.07) is 12.3. The first-order valence-electron chi connectivity index (χ1n) is 6.79. The van der Waals surface area contributed by atoms with E-state index < -0.39 is 5.82 Å². The molecule has 3 rings (SSSR count). The summed E-state index contributed by atoms with van der Waals surface area (Å²) in [5.74, 6) is -0.392. The molecular weight excluding hydrogens is 263 g/mol. The number of fused-ring (bicyclic) bond motifs is 1. The van der Waals surface area contributed by atoms with Gasteiger partial charge < -0.3 is 5.32 Å². The highest BCUT2D eigenvalue weighted by Crippen LogP contribution is 2.32. The zero-order chi connectivity index (χ0) is 15.0. The lowest BCUT2D eigenvalue weighted by Crippen LogP contribution is -2.30. The van der Waals surface area contributed by atoms with E-state index in [1.807, 2.05) is 24.3 Å². The molecule has 0 saturated carbocycles. The highest BCUT2D eigenvalue weighted by Gasteiger charge is 2.19. The molecule has 0 atom stereocenters. The van der Waals surface area contributed by atoms with Gasteiger partial charge in [0.25, 0.3) is 0 Å². The highest BCUT2D eigenvalue weighted by molar-refractivity contribution is 5.78. The third-order valence-corrected chi connectivity index (χ3v) is 3.55. The highest BCUT2D eigenvalue weighted by atomic mass is 19.1. The van der Waals surface area contributed by atoms with Crippen molar-refractivity contribution in [1.82, 2.24) is 0 Å². The van der Waals surface area contributed by atoms with Gasteiger partial charge in [0.05, 0.1) is 17.2 Å². The average Bonchev–Trinajstić information content (AvgIpc) is 2.45. The van der Waals surface area contributed by atoms with E-state index in [1.54, 1.807) is 6.07 Å². The molecule has 0 amide bonds. The van der Waals surface area contributed by atoms with Crippen LogP contribution in [0.15, 0.2) is 42.5 Å². The summed E-state index contributed by atoms with van der Waals surface area (Å²) in [5, 5.41) is 12.4. The van der Waals surface area contributed by atoms with Gasteiger partial charge in [0.2, 0.25) is 0 Å². The van der Waals surface area contributed by atoms with Crippen LogP contribution in [0.25, 0.3) is 17.2 Å². The summed E-state index contributed by atoms with van der Waals surface area (Å²) >= 11 is 0. The lowest BCUT2D eigenvalue weighted by molar-refractivity contribution is 0.628.